The minimum absolute atomic E-state index is 0.145. The molecule has 0 saturated carbocycles. The number of amides is 2. The number of rotatable bonds is 9. The van der Waals surface area contributed by atoms with Gasteiger partial charge in [0.05, 0.1) is 20.3 Å². The van der Waals surface area contributed by atoms with Crippen LogP contribution in [-0.2, 0) is 24.3 Å². The largest absolute Gasteiger partial charge is 0.496 e. The molecule has 1 N–H and O–H groups in total. The van der Waals surface area contributed by atoms with E-state index in [1.54, 1.807) is 12.0 Å². The Labute approximate surface area is 223 Å². The van der Waals surface area contributed by atoms with E-state index in [2.05, 4.69) is 5.32 Å². The summed E-state index contributed by atoms with van der Waals surface area (Å²) in [6.07, 6.45) is 0.619. The molecule has 1 aromatic heterocycles. The van der Waals surface area contributed by atoms with Crippen LogP contribution in [0.2, 0.25) is 0 Å². The highest BCUT2D eigenvalue weighted by atomic mass is 16.5. The second-order valence-corrected chi connectivity index (χ2v) is 9.73. The zero-order valence-corrected chi connectivity index (χ0v) is 22.1. The molecule has 7 heteroatoms. The van der Waals surface area contributed by atoms with Crippen molar-refractivity contribution in [2.75, 3.05) is 20.3 Å². The monoisotopic (exact) mass is 511 g/mol. The fourth-order valence-corrected chi connectivity index (χ4v) is 5.23. The van der Waals surface area contributed by atoms with Crippen LogP contribution in [0.25, 0.3) is 10.9 Å². The normalized spacial score (nSPS) is 16.8. The van der Waals surface area contributed by atoms with Crippen LogP contribution in [0, 0.1) is 0 Å². The zero-order valence-electron chi connectivity index (χ0n) is 22.1. The van der Waals surface area contributed by atoms with Crippen LogP contribution in [0.1, 0.15) is 35.5 Å². The standard InChI is InChI=1S/C31H33N3O4/c1-4-38-25-15-13-22(14-16-25)17-18-34-29(35)27-19-23-9-5-7-11-26(23)33(27)21-31(34,2)30(36)32-20-24-10-6-8-12-28(24)37-3/h5-16,19H,4,17-18,20-21H2,1-3H3,(H,32,36). The van der Waals surface area contributed by atoms with Crippen molar-refractivity contribution in [2.24, 2.45) is 0 Å². The van der Waals surface area contributed by atoms with E-state index in [1.165, 1.54) is 0 Å². The van der Waals surface area contributed by atoms with Crippen molar-refractivity contribution < 1.29 is 19.1 Å². The second-order valence-electron chi connectivity index (χ2n) is 9.73. The molecular weight excluding hydrogens is 478 g/mol. The van der Waals surface area contributed by atoms with E-state index in [4.69, 9.17) is 9.47 Å². The van der Waals surface area contributed by atoms with Gasteiger partial charge in [0.15, 0.2) is 0 Å². The summed E-state index contributed by atoms with van der Waals surface area (Å²) in [5.41, 5.74) is 2.42. The molecule has 0 saturated heterocycles. The number of para-hydroxylation sites is 2. The van der Waals surface area contributed by atoms with Gasteiger partial charge in [-0.3, -0.25) is 9.59 Å². The first-order valence-electron chi connectivity index (χ1n) is 13.0. The molecule has 1 aliphatic rings. The Morgan fingerprint density at radius 3 is 2.53 bits per heavy atom. The molecule has 3 aromatic carbocycles. The first-order chi connectivity index (χ1) is 18.4. The van der Waals surface area contributed by atoms with Crippen LogP contribution in [0.4, 0.5) is 0 Å². The number of fused-ring (bicyclic) bond motifs is 3. The Kier molecular flexibility index (Phi) is 7.09. The SMILES string of the molecule is CCOc1ccc(CCN2C(=O)c3cc4ccccc4n3CC2(C)C(=O)NCc2ccccc2OC)cc1. The van der Waals surface area contributed by atoms with E-state index in [0.29, 0.717) is 44.1 Å². The first kappa shape index (κ1) is 25.4. The van der Waals surface area contributed by atoms with E-state index in [-0.39, 0.29) is 11.8 Å². The highest BCUT2D eigenvalue weighted by Gasteiger charge is 2.47. The molecular formula is C31H33N3O4. The van der Waals surface area contributed by atoms with Gasteiger partial charge in [-0.15, -0.1) is 0 Å². The Balaban J connectivity index is 1.44. The number of carbonyl (C=O) groups excluding carboxylic acids is 2. The molecule has 0 bridgehead atoms. The van der Waals surface area contributed by atoms with Crippen molar-refractivity contribution in [3.63, 3.8) is 0 Å². The number of hydrogen-bond donors (Lipinski definition) is 1. The molecule has 4 aromatic rings. The van der Waals surface area contributed by atoms with Crippen LogP contribution in [0.3, 0.4) is 0 Å². The van der Waals surface area contributed by atoms with E-state index in [1.807, 2.05) is 97.3 Å². The van der Waals surface area contributed by atoms with Gasteiger partial charge in [0, 0.05) is 29.6 Å². The zero-order chi connectivity index (χ0) is 26.7. The van der Waals surface area contributed by atoms with Gasteiger partial charge in [-0.2, -0.15) is 0 Å². The van der Waals surface area contributed by atoms with E-state index in [0.717, 1.165) is 27.8 Å². The van der Waals surface area contributed by atoms with Crippen molar-refractivity contribution >= 4 is 22.7 Å². The fourth-order valence-electron chi connectivity index (χ4n) is 5.23. The lowest BCUT2D eigenvalue weighted by molar-refractivity contribution is -0.133. The van der Waals surface area contributed by atoms with Crippen molar-refractivity contribution in [3.8, 4) is 11.5 Å². The Morgan fingerprint density at radius 2 is 1.76 bits per heavy atom. The third kappa shape index (κ3) is 4.72. The summed E-state index contributed by atoms with van der Waals surface area (Å²) < 4.78 is 13.0. The molecule has 0 aliphatic carbocycles. The van der Waals surface area contributed by atoms with Gasteiger partial charge in [0.1, 0.15) is 22.7 Å². The highest BCUT2D eigenvalue weighted by Crippen LogP contribution is 2.33. The summed E-state index contributed by atoms with van der Waals surface area (Å²) in [7, 11) is 1.61. The van der Waals surface area contributed by atoms with Gasteiger partial charge in [0.25, 0.3) is 5.91 Å². The van der Waals surface area contributed by atoms with Gasteiger partial charge in [-0.25, -0.2) is 0 Å². The number of carbonyl (C=O) groups is 2. The lowest BCUT2D eigenvalue weighted by atomic mass is 9.93. The number of methoxy groups -OCH3 is 1. The summed E-state index contributed by atoms with van der Waals surface area (Å²) in [6, 6.07) is 25.3. The van der Waals surface area contributed by atoms with Crippen LogP contribution in [-0.4, -0.2) is 47.1 Å². The summed E-state index contributed by atoms with van der Waals surface area (Å²) in [4.78, 5) is 29.5. The summed E-state index contributed by atoms with van der Waals surface area (Å²) in [5, 5.41) is 4.07. The maximum absolute atomic E-state index is 13.9. The minimum Gasteiger partial charge on any atom is -0.496 e. The molecule has 1 atom stereocenters. The quantitative estimate of drug-likeness (QED) is 0.350. The van der Waals surface area contributed by atoms with Gasteiger partial charge in [-0.1, -0.05) is 48.5 Å². The minimum atomic E-state index is -1.08. The molecule has 2 amide bonds. The molecule has 0 fully saturated rings. The number of benzene rings is 3. The Hall–Kier alpha value is -4.26. The van der Waals surface area contributed by atoms with Gasteiger partial charge in [0.2, 0.25) is 5.91 Å². The van der Waals surface area contributed by atoms with Crippen molar-refractivity contribution in [3.05, 3.63) is 95.7 Å². The Morgan fingerprint density at radius 1 is 1.03 bits per heavy atom. The summed E-state index contributed by atoms with van der Waals surface area (Å²) in [5.74, 6) is 1.18. The second kappa shape index (κ2) is 10.6. The predicted octanol–water partition coefficient (Wildman–Crippen LogP) is 4.82. The molecule has 0 radical (unpaired) electrons. The van der Waals surface area contributed by atoms with Gasteiger partial charge < -0.3 is 24.3 Å². The summed E-state index contributed by atoms with van der Waals surface area (Å²) in [6.45, 7) is 5.50. The number of nitrogens with zero attached hydrogens (tertiary/aromatic N) is 2. The highest BCUT2D eigenvalue weighted by molar-refractivity contribution is 6.03. The molecule has 0 spiro atoms. The van der Waals surface area contributed by atoms with Crippen molar-refractivity contribution in [2.45, 2.75) is 38.9 Å². The number of aromatic nitrogens is 1. The van der Waals surface area contributed by atoms with Gasteiger partial charge >= 0.3 is 0 Å². The molecule has 5 rings (SSSR count). The first-order valence-corrected chi connectivity index (χ1v) is 13.0. The molecule has 196 valence electrons. The number of nitrogens with one attached hydrogen (secondary N) is 1. The third-order valence-corrected chi connectivity index (χ3v) is 7.32. The smallest absolute Gasteiger partial charge is 0.271 e. The van der Waals surface area contributed by atoms with E-state index in [9.17, 15) is 9.59 Å². The molecule has 7 nitrogen and oxygen atoms in total. The van der Waals surface area contributed by atoms with Crippen LogP contribution < -0.4 is 14.8 Å². The lowest BCUT2D eigenvalue weighted by Gasteiger charge is -2.44. The summed E-state index contributed by atoms with van der Waals surface area (Å²) >= 11 is 0. The van der Waals surface area contributed by atoms with Crippen LogP contribution in [0.15, 0.2) is 78.9 Å². The van der Waals surface area contributed by atoms with Crippen molar-refractivity contribution in [1.29, 1.82) is 0 Å². The van der Waals surface area contributed by atoms with Crippen molar-refractivity contribution in [1.82, 2.24) is 14.8 Å². The maximum atomic E-state index is 13.9. The molecule has 38 heavy (non-hydrogen) atoms. The van der Waals surface area contributed by atoms with Gasteiger partial charge in [-0.05, 0) is 56.2 Å². The lowest BCUT2D eigenvalue weighted by Crippen LogP contribution is -2.64. The molecule has 1 unspecified atom stereocenters. The third-order valence-electron chi connectivity index (χ3n) is 7.32. The van der Waals surface area contributed by atoms with E-state index < -0.39 is 5.54 Å². The van der Waals surface area contributed by atoms with Crippen LogP contribution in [0.5, 0.6) is 11.5 Å². The fraction of sp³-hybridized carbons (Fsp3) is 0.290. The topological polar surface area (TPSA) is 72.8 Å². The predicted molar refractivity (Wildman–Crippen MR) is 148 cm³/mol. The number of hydrogen-bond acceptors (Lipinski definition) is 4. The van der Waals surface area contributed by atoms with Crippen LogP contribution >= 0.6 is 0 Å². The van der Waals surface area contributed by atoms with E-state index >= 15 is 0 Å². The molecule has 2 heterocycles. The average molecular weight is 512 g/mol. The Bertz CT molecular complexity index is 1460. The number of ether oxygens (including phenoxy) is 2. The average Bonchev–Trinajstić information content (AvgIpc) is 3.31. The maximum Gasteiger partial charge on any atom is 0.271 e. The molecule has 1 aliphatic heterocycles.